The standard InChI is InChI=1S/C23H24ClNO5S/c1-3-12-29-19-10-9-16(14-20(19)28-4-2)15-21-22(26)25(23(27)31-21)11-13-30-18-8-6-5-7-17(18)24/h5-10,14-15H,3-4,11-13H2,1-2H3/b21-15-. The first-order valence-corrected chi connectivity index (χ1v) is 11.2. The SMILES string of the molecule is CCCOc1ccc(/C=C2\SC(=O)N(CCOc3ccccc3Cl)C2=O)cc1OCC. The summed E-state index contributed by atoms with van der Waals surface area (Å²) in [6.07, 6.45) is 2.58. The van der Waals surface area contributed by atoms with Gasteiger partial charge in [0.2, 0.25) is 0 Å². The van der Waals surface area contributed by atoms with Crippen LogP contribution in [0.5, 0.6) is 17.2 Å². The van der Waals surface area contributed by atoms with E-state index in [0.717, 1.165) is 23.7 Å². The Morgan fingerprint density at radius 1 is 0.968 bits per heavy atom. The first-order chi connectivity index (χ1) is 15.0. The molecule has 0 bridgehead atoms. The maximum atomic E-state index is 12.7. The van der Waals surface area contributed by atoms with E-state index in [4.69, 9.17) is 25.8 Å². The van der Waals surface area contributed by atoms with Crippen LogP contribution in [0.1, 0.15) is 25.8 Å². The van der Waals surface area contributed by atoms with Crippen molar-refractivity contribution in [2.75, 3.05) is 26.4 Å². The molecule has 0 aromatic heterocycles. The van der Waals surface area contributed by atoms with Crippen molar-refractivity contribution in [1.29, 1.82) is 0 Å². The molecule has 0 saturated carbocycles. The zero-order valence-electron chi connectivity index (χ0n) is 17.4. The molecule has 2 aromatic rings. The lowest BCUT2D eigenvalue weighted by molar-refractivity contribution is -0.123. The van der Waals surface area contributed by atoms with Gasteiger partial charge in [-0.05, 0) is 61.0 Å². The Morgan fingerprint density at radius 2 is 1.74 bits per heavy atom. The van der Waals surface area contributed by atoms with Gasteiger partial charge in [0.05, 0.1) is 29.7 Å². The monoisotopic (exact) mass is 461 g/mol. The summed E-state index contributed by atoms with van der Waals surface area (Å²) in [6.45, 7) is 5.31. The van der Waals surface area contributed by atoms with Gasteiger partial charge in [-0.3, -0.25) is 14.5 Å². The van der Waals surface area contributed by atoms with Crippen molar-refractivity contribution in [3.8, 4) is 17.2 Å². The highest BCUT2D eigenvalue weighted by atomic mass is 35.5. The molecule has 1 heterocycles. The molecule has 0 unspecified atom stereocenters. The number of hydrogen-bond donors (Lipinski definition) is 0. The minimum atomic E-state index is -0.345. The van der Waals surface area contributed by atoms with Gasteiger partial charge in [-0.25, -0.2) is 0 Å². The van der Waals surface area contributed by atoms with Crippen LogP contribution in [0.25, 0.3) is 6.08 Å². The number of imide groups is 1. The van der Waals surface area contributed by atoms with E-state index in [-0.39, 0.29) is 24.3 Å². The molecule has 0 aliphatic carbocycles. The molecular weight excluding hydrogens is 438 g/mol. The number of halogens is 1. The summed E-state index contributed by atoms with van der Waals surface area (Å²) >= 11 is 6.97. The number of ether oxygens (including phenoxy) is 3. The molecule has 6 nitrogen and oxygen atoms in total. The highest BCUT2D eigenvalue weighted by Crippen LogP contribution is 2.34. The van der Waals surface area contributed by atoms with Crippen molar-refractivity contribution in [2.24, 2.45) is 0 Å². The van der Waals surface area contributed by atoms with Gasteiger partial charge in [0, 0.05) is 0 Å². The Kier molecular flexibility index (Phi) is 8.26. The zero-order chi connectivity index (χ0) is 22.2. The van der Waals surface area contributed by atoms with Crippen molar-refractivity contribution in [3.05, 3.63) is 58.0 Å². The van der Waals surface area contributed by atoms with Gasteiger partial charge in [-0.2, -0.15) is 0 Å². The summed E-state index contributed by atoms with van der Waals surface area (Å²) < 4.78 is 17.0. The number of amides is 2. The van der Waals surface area contributed by atoms with Gasteiger partial charge in [0.15, 0.2) is 11.5 Å². The average Bonchev–Trinajstić information content (AvgIpc) is 3.02. The number of hydrogen-bond acceptors (Lipinski definition) is 6. The van der Waals surface area contributed by atoms with E-state index in [2.05, 4.69) is 0 Å². The van der Waals surface area contributed by atoms with E-state index in [1.54, 1.807) is 30.3 Å². The summed E-state index contributed by atoms with van der Waals surface area (Å²) in [5.74, 6) is 1.44. The molecule has 3 rings (SSSR count). The minimum Gasteiger partial charge on any atom is -0.490 e. The third-order valence-electron chi connectivity index (χ3n) is 4.31. The second-order valence-electron chi connectivity index (χ2n) is 6.60. The Morgan fingerprint density at radius 3 is 2.48 bits per heavy atom. The number of nitrogens with zero attached hydrogens (tertiary/aromatic N) is 1. The first kappa shape index (κ1) is 23.0. The van der Waals surface area contributed by atoms with Crippen molar-refractivity contribution in [1.82, 2.24) is 4.90 Å². The zero-order valence-corrected chi connectivity index (χ0v) is 19.0. The van der Waals surface area contributed by atoms with Gasteiger partial charge in [0.1, 0.15) is 12.4 Å². The van der Waals surface area contributed by atoms with Crippen LogP contribution < -0.4 is 14.2 Å². The number of thioether (sulfide) groups is 1. The molecule has 164 valence electrons. The van der Waals surface area contributed by atoms with Crippen molar-refractivity contribution in [3.63, 3.8) is 0 Å². The van der Waals surface area contributed by atoms with Crippen LogP contribution in [0.15, 0.2) is 47.4 Å². The lowest BCUT2D eigenvalue weighted by Crippen LogP contribution is -2.32. The van der Waals surface area contributed by atoms with Gasteiger partial charge >= 0.3 is 0 Å². The van der Waals surface area contributed by atoms with Crippen molar-refractivity contribution < 1.29 is 23.8 Å². The molecule has 1 aliphatic rings. The molecule has 0 spiro atoms. The third kappa shape index (κ3) is 5.95. The highest BCUT2D eigenvalue weighted by molar-refractivity contribution is 8.18. The maximum Gasteiger partial charge on any atom is 0.293 e. The Hall–Kier alpha value is -2.64. The molecule has 8 heteroatoms. The fourth-order valence-corrected chi connectivity index (χ4v) is 3.92. The lowest BCUT2D eigenvalue weighted by atomic mass is 10.2. The van der Waals surface area contributed by atoms with Crippen LogP contribution in [-0.4, -0.2) is 42.4 Å². The van der Waals surface area contributed by atoms with E-state index >= 15 is 0 Å². The third-order valence-corrected chi connectivity index (χ3v) is 5.53. The molecule has 31 heavy (non-hydrogen) atoms. The van der Waals surface area contributed by atoms with E-state index in [9.17, 15) is 9.59 Å². The first-order valence-electron chi connectivity index (χ1n) is 10.1. The molecule has 0 radical (unpaired) electrons. The molecule has 1 aliphatic heterocycles. The van der Waals surface area contributed by atoms with Crippen LogP contribution in [0, 0.1) is 0 Å². The van der Waals surface area contributed by atoms with Crippen molar-refractivity contribution in [2.45, 2.75) is 20.3 Å². The number of para-hydroxylation sites is 1. The molecule has 1 fully saturated rings. The second-order valence-corrected chi connectivity index (χ2v) is 8.00. The number of carbonyl (C=O) groups is 2. The van der Waals surface area contributed by atoms with Crippen LogP contribution in [0.3, 0.4) is 0 Å². The largest absolute Gasteiger partial charge is 0.490 e. The van der Waals surface area contributed by atoms with Gasteiger partial charge in [-0.15, -0.1) is 0 Å². The summed E-state index contributed by atoms with van der Waals surface area (Å²) in [5.41, 5.74) is 0.755. The number of carbonyl (C=O) groups excluding carboxylic acids is 2. The summed E-state index contributed by atoms with van der Waals surface area (Å²) in [5, 5.41) is 0.153. The molecule has 2 aromatic carbocycles. The van der Waals surface area contributed by atoms with E-state index in [0.29, 0.717) is 40.4 Å². The van der Waals surface area contributed by atoms with E-state index < -0.39 is 0 Å². The minimum absolute atomic E-state index is 0.140. The normalized spacial score (nSPS) is 14.9. The van der Waals surface area contributed by atoms with Gasteiger partial charge in [0.25, 0.3) is 11.1 Å². The van der Waals surface area contributed by atoms with Crippen molar-refractivity contribution >= 4 is 40.6 Å². The van der Waals surface area contributed by atoms with Crippen LogP contribution in [-0.2, 0) is 4.79 Å². The predicted molar refractivity (Wildman–Crippen MR) is 123 cm³/mol. The summed E-state index contributed by atoms with van der Waals surface area (Å²) in [6, 6.07) is 12.5. The lowest BCUT2D eigenvalue weighted by Gasteiger charge is -2.14. The summed E-state index contributed by atoms with van der Waals surface area (Å²) in [7, 11) is 0. The second kappa shape index (κ2) is 11.1. The topological polar surface area (TPSA) is 65.1 Å². The Bertz CT molecular complexity index is 978. The quantitative estimate of drug-likeness (QED) is 0.426. The highest BCUT2D eigenvalue weighted by Gasteiger charge is 2.34. The van der Waals surface area contributed by atoms with Crippen LogP contribution in [0.4, 0.5) is 4.79 Å². The fraction of sp³-hybridized carbons (Fsp3) is 0.304. The Balaban J connectivity index is 1.68. The molecular formula is C23H24ClNO5S. The molecule has 1 saturated heterocycles. The van der Waals surface area contributed by atoms with Crippen LogP contribution in [0.2, 0.25) is 5.02 Å². The predicted octanol–water partition coefficient (Wildman–Crippen LogP) is 5.64. The summed E-state index contributed by atoms with van der Waals surface area (Å²) in [4.78, 5) is 26.6. The molecule has 2 amide bonds. The molecule has 0 atom stereocenters. The van der Waals surface area contributed by atoms with Gasteiger partial charge in [-0.1, -0.05) is 36.7 Å². The molecule has 0 N–H and O–H groups in total. The number of benzene rings is 2. The van der Waals surface area contributed by atoms with Crippen LogP contribution >= 0.6 is 23.4 Å². The number of rotatable bonds is 10. The average molecular weight is 462 g/mol. The fourth-order valence-electron chi connectivity index (χ4n) is 2.87. The van der Waals surface area contributed by atoms with E-state index in [1.807, 2.05) is 32.0 Å². The smallest absolute Gasteiger partial charge is 0.293 e. The maximum absolute atomic E-state index is 12.7. The van der Waals surface area contributed by atoms with E-state index in [1.165, 1.54) is 4.90 Å². The van der Waals surface area contributed by atoms with Gasteiger partial charge < -0.3 is 14.2 Å². The Labute approximate surface area is 191 Å².